The summed E-state index contributed by atoms with van der Waals surface area (Å²) < 4.78 is 13.3. The number of amides is 4. The largest absolute Gasteiger partial charge is 0.370 e. The summed E-state index contributed by atoms with van der Waals surface area (Å²) in [5, 5.41) is 11.6. The van der Waals surface area contributed by atoms with Gasteiger partial charge in [0.15, 0.2) is 0 Å². The van der Waals surface area contributed by atoms with Gasteiger partial charge in [0.25, 0.3) is 5.91 Å². The summed E-state index contributed by atoms with van der Waals surface area (Å²) in [6.45, 7) is 3.53. The van der Waals surface area contributed by atoms with Gasteiger partial charge >= 0.3 is 6.03 Å². The van der Waals surface area contributed by atoms with Crippen molar-refractivity contribution in [1.29, 1.82) is 5.26 Å². The number of anilines is 1. The fourth-order valence-corrected chi connectivity index (χ4v) is 4.23. The summed E-state index contributed by atoms with van der Waals surface area (Å²) in [5.74, 6) is -1.28. The highest BCUT2D eigenvalue weighted by Gasteiger charge is 2.49. The third kappa shape index (κ3) is 4.37. The molecule has 0 radical (unpaired) electrons. The van der Waals surface area contributed by atoms with E-state index in [9.17, 15) is 18.8 Å². The maximum absolute atomic E-state index is 13.3. The molecule has 1 N–H and O–H groups in total. The SMILES string of the molecule is CC1(c2ccc(F)cc2)NC(=O)N(CC(=O)N2CCCN(c3ccc(C#N)cc3)CC2)C1=O. The van der Waals surface area contributed by atoms with Gasteiger partial charge in [0.1, 0.15) is 17.9 Å². The molecule has 9 heteroatoms. The Hall–Kier alpha value is -3.93. The van der Waals surface area contributed by atoms with Gasteiger partial charge in [0.2, 0.25) is 5.91 Å². The molecule has 170 valence electrons. The number of imide groups is 1. The van der Waals surface area contributed by atoms with Crippen molar-refractivity contribution in [3.05, 3.63) is 65.5 Å². The van der Waals surface area contributed by atoms with Gasteiger partial charge in [-0.15, -0.1) is 0 Å². The van der Waals surface area contributed by atoms with Crippen molar-refractivity contribution < 1.29 is 18.8 Å². The fraction of sp³-hybridized carbons (Fsp3) is 0.333. The van der Waals surface area contributed by atoms with Crippen LogP contribution < -0.4 is 10.2 Å². The van der Waals surface area contributed by atoms with E-state index in [1.165, 1.54) is 24.3 Å². The zero-order valence-corrected chi connectivity index (χ0v) is 18.3. The Bertz CT molecular complexity index is 1110. The molecule has 1 unspecified atom stereocenters. The van der Waals surface area contributed by atoms with E-state index in [2.05, 4.69) is 16.3 Å². The highest BCUT2D eigenvalue weighted by Crippen LogP contribution is 2.29. The monoisotopic (exact) mass is 449 g/mol. The fourth-order valence-electron chi connectivity index (χ4n) is 4.23. The summed E-state index contributed by atoms with van der Waals surface area (Å²) in [5.41, 5.74) is 0.667. The van der Waals surface area contributed by atoms with E-state index in [1.807, 2.05) is 12.1 Å². The summed E-state index contributed by atoms with van der Waals surface area (Å²) in [6, 6.07) is 14.1. The lowest BCUT2D eigenvalue weighted by molar-refractivity contribution is -0.138. The van der Waals surface area contributed by atoms with Crippen LogP contribution in [-0.4, -0.2) is 60.4 Å². The smallest absolute Gasteiger partial charge is 0.325 e. The lowest BCUT2D eigenvalue weighted by atomic mass is 9.92. The van der Waals surface area contributed by atoms with Crippen molar-refractivity contribution in [3.63, 3.8) is 0 Å². The number of hydrogen-bond acceptors (Lipinski definition) is 5. The van der Waals surface area contributed by atoms with Crippen LogP contribution in [0.4, 0.5) is 14.9 Å². The van der Waals surface area contributed by atoms with Crippen molar-refractivity contribution in [1.82, 2.24) is 15.1 Å². The zero-order chi connectivity index (χ0) is 23.6. The van der Waals surface area contributed by atoms with E-state index in [-0.39, 0.29) is 12.5 Å². The molecular weight excluding hydrogens is 425 g/mol. The minimum absolute atomic E-state index is 0.302. The molecule has 0 saturated carbocycles. The molecule has 1 atom stereocenters. The van der Waals surface area contributed by atoms with Crippen molar-refractivity contribution in [2.24, 2.45) is 0 Å². The standard InChI is InChI=1S/C24H24FN5O3/c1-24(18-5-7-19(25)8-6-18)22(32)30(23(33)27-24)16-21(31)29-12-2-11-28(13-14-29)20-9-3-17(15-26)4-10-20/h3-10H,2,11-14,16H2,1H3,(H,27,33). The molecule has 2 fully saturated rings. The van der Waals surface area contributed by atoms with Gasteiger partial charge in [-0.2, -0.15) is 5.26 Å². The molecule has 2 heterocycles. The number of nitriles is 1. The van der Waals surface area contributed by atoms with Crippen molar-refractivity contribution in [2.75, 3.05) is 37.6 Å². The van der Waals surface area contributed by atoms with Gasteiger partial charge < -0.3 is 15.1 Å². The zero-order valence-electron chi connectivity index (χ0n) is 18.3. The number of nitrogens with one attached hydrogen (secondary N) is 1. The molecule has 4 rings (SSSR count). The number of benzene rings is 2. The average molecular weight is 449 g/mol. The lowest BCUT2D eigenvalue weighted by Crippen LogP contribution is -2.45. The Balaban J connectivity index is 1.40. The minimum atomic E-state index is -1.35. The molecule has 0 aliphatic carbocycles. The first-order valence-corrected chi connectivity index (χ1v) is 10.7. The molecule has 2 aliphatic rings. The number of urea groups is 1. The van der Waals surface area contributed by atoms with Gasteiger partial charge in [-0.05, 0) is 55.3 Å². The van der Waals surface area contributed by atoms with Crippen LogP contribution in [0.25, 0.3) is 0 Å². The third-order valence-electron chi connectivity index (χ3n) is 6.20. The second kappa shape index (κ2) is 8.90. The minimum Gasteiger partial charge on any atom is -0.370 e. The second-order valence-corrected chi connectivity index (χ2v) is 8.33. The number of carbonyl (C=O) groups excluding carboxylic acids is 3. The average Bonchev–Trinajstić information content (AvgIpc) is 2.99. The third-order valence-corrected chi connectivity index (χ3v) is 6.20. The summed E-state index contributed by atoms with van der Waals surface area (Å²) in [4.78, 5) is 43.3. The Labute approximate surface area is 191 Å². The first kappa shape index (κ1) is 22.3. The highest BCUT2D eigenvalue weighted by atomic mass is 19.1. The predicted octanol–water partition coefficient (Wildman–Crippen LogP) is 2.20. The summed E-state index contributed by atoms with van der Waals surface area (Å²) >= 11 is 0. The van der Waals surface area contributed by atoms with Crippen LogP contribution in [0.3, 0.4) is 0 Å². The number of rotatable bonds is 4. The Kier molecular flexibility index (Phi) is 6.01. The van der Waals surface area contributed by atoms with Crippen LogP contribution in [0.5, 0.6) is 0 Å². The molecule has 33 heavy (non-hydrogen) atoms. The highest BCUT2D eigenvalue weighted by molar-refractivity contribution is 6.09. The molecule has 2 aromatic rings. The first-order valence-electron chi connectivity index (χ1n) is 10.7. The van der Waals surface area contributed by atoms with Gasteiger partial charge in [0.05, 0.1) is 11.6 Å². The van der Waals surface area contributed by atoms with E-state index in [0.717, 1.165) is 23.6 Å². The quantitative estimate of drug-likeness (QED) is 0.722. The van der Waals surface area contributed by atoms with E-state index in [1.54, 1.807) is 24.0 Å². The van der Waals surface area contributed by atoms with Crippen molar-refractivity contribution in [3.8, 4) is 6.07 Å². The second-order valence-electron chi connectivity index (χ2n) is 8.33. The summed E-state index contributed by atoms with van der Waals surface area (Å²) in [7, 11) is 0. The predicted molar refractivity (Wildman–Crippen MR) is 119 cm³/mol. The van der Waals surface area contributed by atoms with Gasteiger partial charge in [0, 0.05) is 31.9 Å². The summed E-state index contributed by atoms with van der Waals surface area (Å²) in [6.07, 6.45) is 0.735. The van der Waals surface area contributed by atoms with Gasteiger partial charge in [-0.3, -0.25) is 14.5 Å². The van der Waals surface area contributed by atoms with Gasteiger partial charge in [-0.25, -0.2) is 9.18 Å². The molecular formula is C24H24FN5O3. The Morgan fingerprint density at radius 1 is 1.06 bits per heavy atom. The number of carbonyl (C=O) groups is 3. The molecule has 2 aliphatic heterocycles. The van der Waals surface area contributed by atoms with E-state index < -0.39 is 23.3 Å². The topological polar surface area (TPSA) is 96.8 Å². The van der Waals surface area contributed by atoms with E-state index in [4.69, 9.17) is 5.26 Å². The van der Waals surface area contributed by atoms with E-state index in [0.29, 0.717) is 30.8 Å². The molecule has 2 aromatic carbocycles. The number of hydrogen-bond donors (Lipinski definition) is 1. The molecule has 0 bridgehead atoms. The molecule has 8 nitrogen and oxygen atoms in total. The van der Waals surface area contributed by atoms with Gasteiger partial charge in [-0.1, -0.05) is 12.1 Å². The van der Waals surface area contributed by atoms with Crippen molar-refractivity contribution in [2.45, 2.75) is 18.9 Å². The Morgan fingerprint density at radius 3 is 2.42 bits per heavy atom. The van der Waals surface area contributed by atoms with Crippen molar-refractivity contribution >= 4 is 23.5 Å². The van der Waals surface area contributed by atoms with Crippen LogP contribution in [0.1, 0.15) is 24.5 Å². The molecule has 4 amide bonds. The normalized spacial score (nSPS) is 20.9. The maximum Gasteiger partial charge on any atom is 0.325 e. The van der Waals surface area contributed by atoms with Crippen LogP contribution in [0, 0.1) is 17.1 Å². The van der Waals surface area contributed by atoms with E-state index >= 15 is 0 Å². The molecule has 0 aromatic heterocycles. The lowest BCUT2D eigenvalue weighted by Gasteiger charge is -2.25. The first-order chi connectivity index (χ1) is 15.8. The number of nitrogens with zero attached hydrogens (tertiary/aromatic N) is 4. The van der Waals surface area contributed by atoms with Crippen LogP contribution >= 0.6 is 0 Å². The van der Waals surface area contributed by atoms with Crippen LogP contribution in [-0.2, 0) is 15.1 Å². The number of halogens is 1. The van der Waals surface area contributed by atoms with Crippen LogP contribution in [0.15, 0.2) is 48.5 Å². The maximum atomic E-state index is 13.3. The molecule has 0 spiro atoms. The van der Waals surface area contributed by atoms with Crippen LogP contribution in [0.2, 0.25) is 0 Å². The molecule has 2 saturated heterocycles. The Morgan fingerprint density at radius 2 is 1.76 bits per heavy atom.